The number of imidazole rings is 1. The molecule has 6 nitrogen and oxygen atoms in total. The summed E-state index contributed by atoms with van der Waals surface area (Å²) in [7, 11) is 0. The maximum atomic E-state index is 12.2. The van der Waals surface area contributed by atoms with E-state index in [2.05, 4.69) is 10.3 Å². The maximum absolute atomic E-state index is 12.2. The van der Waals surface area contributed by atoms with Crippen LogP contribution in [-0.4, -0.2) is 34.6 Å². The zero-order valence-electron chi connectivity index (χ0n) is 15.7. The standard InChI is InChI=1S/C21H22ClN3O3/c1-2-28-20(26)14-25-18-7-4-3-6-17(18)24-19(25)8-5-13-23-21(27)15-9-11-16(22)12-10-15/h3-4,6-7,9-12H,2,5,8,13-14H2,1H3,(H,23,27). The molecule has 0 aliphatic heterocycles. The van der Waals surface area contributed by atoms with Gasteiger partial charge in [0, 0.05) is 23.6 Å². The van der Waals surface area contributed by atoms with Crippen molar-refractivity contribution < 1.29 is 14.3 Å². The van der Waals surface area contributed by atoms with Crippen LogP contribution >= 0.6 is 11.6 Å². The normalized spacial score (nSPS) is 10.8. The van der Waals surface area contributed by atoms with Gasteiger partial charge in [0.25, 0.3) is 5.91 Å². The van der Waals surface area contributed by atoms with Gasteiger partial charge in [-0.2, -0.15) is 0 Å². The van der Waals surface area contributed by atoms with Crippen molar-refractivity contribution in [3.63, 3.8) is 0 Å². The number of carbonyl (C=O) groups is 2. The fourth-order valence-corrected chi connectivity index (χ4v) is 3.11. The third-order valence-electron chi connectivity index (χ3n) is 4.30. The lowest BCUT2D eigenvalue weighted by Gasteiger charge is -2.09. The van der Waals surface area contributed by atoms with Crippen molar-refractivity contribution in [1.29, 1.82) is 0 Å². The highest BCUT2D eigenvalue weighted by Gasteiger charge is 2.14. The highest BCUT2D eigenvalue weighted by molar-refractivity contribution is 6.30. The highest BCUT2D eigenvalue weighted by Crippen LogP contribution is 2.17. The number of hydrogen-bond acceptors (Lipinski definition) is 4. The number of amides is 1. The van der Waals surface area contributed by atoms with Crippen molar-refractivity contribution in [3.05, 3.63) is 64.9 Å². The Bertz CT molecular complexity index is 967. The van der Waals surface area contributed by atoms with Gasteiger partial charge in [-0.15, -0.1) is 0 Å². The molecule has 2 aromatic carbocycles. The number of nitrogens with zero attached hydrogens (tertiary/aromatic N) is 2. The number of ether oxygens (including phenoxy) is 1. The van der Waals surface area contributed by atoms with E-state index in [9.17, 15) is 9.59 Å². The van der Waals surface area contributed by atoms with Crippen LogP contribution < -0.4 is 5.32 Å². The van der Waals surface area contributed by atoms with Crippen molar-refractivity contribution in [2.75, 3.05) is 13.2 Å². The van der Waals surface area contributed by atoms with E-state index in [4.69, 9.17) is 16.3 Å². The van der Waals surface area contributed by atoms with E-state index in [-0.39, 0.29) is 18.4 Å². The van der Waals surface area contributed by atoms with Crippen LogP contribution in [0.3, 0.4) is 0 Å². The van der Waals surface area contributed by atoms with Gasteiger partial charge in [-0.1, -0.05) is 23.7 Å². The van der Waals surface area contributed by atoms with Gasteiger partial charge in [0.15, 0.2) is 0 Å². The second kappa shape index (κ2) is 9.37. The van der Waals surface area contributed by atoms with Crippen LogP contribution in [0.4, 0.5) is 0 Å². The molecule has 0 unspecified atom stereocenters. The van der Waals surface area contributed by atoms with Crippen LogP contribution in [0, 0.1) is 0 Å². The first-order valence-electron chi connectivity index (χ1n) is 9.22. The second-order valence-corrected chi connectivity index (χ2v) is 6.71. The molecule has 1 amide bonds. The van der Waals surface area contributed by atoms with Crippen molar-refractivity contribution >= 4 is 34.5 Å². The zero-order chi connectivity index (χ0) is 19.9. The van der Waals surface area contributed by atoms with Gasteiger partial charge in [0.2, 0.25) is 0 Å². The third kappa shape index (κ3) is 4.89. The van der Waals surface area contributed by atoms with Gasteiger partial charge in [-0.25, -0.2) is 4.98 Å². The van der Waals surface area contributed by atoms with Crippen molar-refractivity contribution in [3.8, 4) is 0 Å². The number of para-hydroxylation sites is 2. The topological polar surface area (TPSA) is 73.2 Å². The number of benzene rings is 2. The number of hydrogen-bond donors (Lipinski definition) is 1. The van der Waals surface area contributed by atoms with Gasteiger partial charge in [-0.3, -0.25) is 9.59 Å². The number of esters is 1. The average Bonchev–Trinajstić information content (AvgIpc) is 3.03. The summed E-state index contributed by atoms with van der Waals surface area (Å²) in [5.41, 5.74) is 2.31. The summed E-state index contributed by atoms with van der Waals surface area (Å²) in [6.07, 6.45) is 1.33. The molecule has 0 fully saturated rings. The largest absolute Gasteiger partial charge is 0.465 e. The molecule has 0 aliphatic rings. The highest BCUT2D eigenvalue weighted by atomic mass is 35.5. The number of nitrogens with one attached hydrogen (secondary N) is 1. The minimum absolute atomic E-state index is 0.126. The summed E-state index contributed by atoms with van der Waals surface area (Å²) in [6.45, 7) is 2.76. The molecule has 0 aliphatic carbocycles. The lowest BCUT2D eigenvalue weighted by molar-refractivity contribution is -0.143. The van der Waals surface area contributed by atoms with E-state index in [0.717, 1.165) is 16.9 Å². The van der Waals surface area contributed by atoms with E-state index < -0.39 is 0 Å². The van der Waals surface area contributed by atoms with E-state index >= 15 is 0 Å². The number of aryl methyl sites for hydroxylation is 1. The molecule has 0 atom stereocenters. The summed E-state index contributed by atoms with van der Waals surface area (Å²) in [6, 6.07) is 14.5. The van der Waals surface area contributed by atoms with Gasteiger partial charge in [0.05, 0.1) is 17.6 Å². The van der Waals surface area contributed by atoms with Gasteiger partial charge in [0.1, 0.15) is 12.4 Å². The molecular weight excluding hydrogens is 378 g/mol. The van der Waals surface area contributed by atoms with Crippen molar-refractivity contribution in [1.82, 2.24) is 14.9 Å². The number of halogens is 1. The lowest BCUT2D eigenvalue weighted by atomic mass is 10.2. The SMILES string of the molecule is CCOC(=O)Cn1c(CCCNC(=O)c2ccc(Cl)cc2)nc2ccccc21. The monoisotopic (exact) mass is 399 g/mol. The average molecular weight is 400 g/mol. The van der Waals surface area contributed by atoms with Crippen LogP contribution in [0.15, 0.2) is 48.5 Å². The number of carbonyl (C=O) groups excluding carboxylic acids is 2. The molecule has 146 valence electrons. The Morgan fingerprint density at radius 1 is 1.14 bits per heavy atom. The molecule has 1 aromatic heterocycles. The Balaban J connectivity index is 1.62. The molecule has 1 heterocycles. The Kier molecular flexibility index (Phi) is 6.66. The minimum atomic E-state index is -0.289. The number of fused-ring (bicyclic) bond motifs is 1. The van der Waals surface area contributed by atoms with Crippen LogP contribution in [-0.2, 0) is 22.5 Å². The molecule has 0 radical (unpaired) electrons. The predicted octanol–water partition coefficient (Wildman–Crippen LogP) is 3.62. The number of rotatable bonds is 8. The molecule has 28 heavy (non-hydrogen) atoms. The number of aromatic nitrogens is 2. The molecule has 0 bridgehead atoms. The molecule has 3 aromatic rings. The molecule has 0 saturated carbocycles. The van der Waals surface area contributed by atoms with Crippen molar-refractivity contribution in [2.45, 2.75) is 26.3 Å². The molecular formula is C21H22ClN3O3. The summed E-state index contributed by atoms with van der Waals surface area (Å²) in [4.78, 5) is 28.8. The Labute approximate surface area is 168 Å². The maximum Gasteiger partial charge on any atom is 0.326 e. The van der Waals surface area contributed by atoms with E-state index in [1.807, 2.05) is 28.8 Å². The fraction of sp³-hybridized carbons (Fsp3) is 0.286. The van der Waals surface area contributed by atoms with E-state index in [1.165, 1.54) is 0 Å². The first-order valence-corrected chi connectivity index (χ1v) is 9.60. The minimum Gasteiger partial charge on any atom is -0.465 e. The van der Waals surface area contributed by atoms with Crippen LogP contribution in [0.5, 0.6) is 0 Å². The summed E-state index contributed by atoms with van der Waals surface area (Å²) < 4.78 is 6.96. The molecule has 0 spiro atoms. The van der Waals surface area contributed by atoms with Crippen LogP contribution in [0.25, 0.3) is 11.0 Å². The zero-order valence-corrected chi connectivity index (χ0v) is 16.4. The summed E-state index contributed by atoms with van der Waals surface area (Å²) >= 11 is 5.84. The van der Waals surface area contributed by atoms with Gasteiger partial charge in [-0.05, 0) is 49.7 Å². The van der Waals surface area contributed by atoms with Crippen molar-refractivity contribution in [2.24, 2.45) is 0 Å². The van der Waals surface area contributed by atoms with Crippen LogP contribution in [0.1, 0.15) is 29.5 Å². The summed E-state index contributed by atoms with van der Waals surface area (Å²) in [5.74, 6) is 0.370. The van der Waals surface area contributed by atoms with E-state index in [1.54, 1.807) is 31.2 Å². The van der Waals surface area contributed by atoms with Crippen LogP contribution in [0.2, 0.25) is 5.02 Å². The van der Waals surface area contributed by atoms with Gasteiger partial charge >= 0.3 is 5.97 Å². The Hall–Kier alpha value is -2.86. The van der Waals surface area contributed by atoms with Gasteiger partial charge < -0.3 is 14.6 Å². The smallest absolute Gasteiger partial charge is 0.326 e. The Morgan fingerprint density at radius 3 is 2.64 bits per heavy atom. The first kappa shape index (κ1) is 19.9. The fourth-order valence-electron chi connectivity index (χ4n) is 2.98. The molecule has 1 N–H and O–H groups in total. The first-order chi connectivity index (χ1) is 13.6. The quantitative estimate of drug-likeness (QED) is 0.464. The Morgan fingerprint density at radius 2 is 1.89 bits per heavy atom. The lowest BCUT2D eigenvalue weighted by Crippen LogP contribution is -2.25. The molecule has 0 saturated heterocycles. The summed E-state index contributed by atoms with van der Waals surface area (Å²) in [5, 5.41) is 3.49. The third-order valence-corrected chi connectivity index (χ3v) is 4.55. The second-order valence-electron chi connectivity index (χ2n) is 6.27. The van der Waals surface area contributed by atoms with E-state index in [0.29, 0.717) is 36.6 Å². The predicted molar refractivity (Wildman–Crippen MR) is 108 cm³/mol. The molecule has 7 heteroatoms. The molecule has 3 rings (SSSR count).